The maximum atomic E-state index is 13.1. The zero-order valence-corrected chi connectivity index (χ0v) is 18.1. The van der Waals surface area contributed by atoms with Crippen molar-refractivity contribution in [2.75, 3.05) is 32.8 Å². The first-order valence-corrected chi connectivity index (χ1v) is 11.2. The zero-order chi connectivity index (χ0) is 22.8. The van der Waals surface area contributed by atoms with Crippen molar-refractivity contribution in [2.24, 2.45) is 0 Å². The molecule has 1 amide bonds. The molecule has 6 nitrogen and oxygen atoms in total. The summed E-state index contributed by atoms with van der Waals surface area (Å²) in [5.41, 5.74) is -0.798. The Balaban J connectivity index is 1.73. The smallest absolute Gasteiger partial charge is 0.417 e. The van der Waals surface area contributed by atoms with Crippen LogP contribution in [-0.4, -0.2) is 56.3 Å². The van der Waals surface area contributed by atoms with Crippen molar-refractivity contribution in [1.82, 2.24) is 9.21 Å². The number of sulfonamides is 1. The molecule has 0 saturated carbocycles. The van der Waals surface area contributed by atoms with Crippen LogP contribution in [0.5, 0.6) is 5.75 Å². The number of carbonyl (C=O) groups is 1. The SMILES string of the molecule is CCOc1cccc(C(=O)N2CCN(S(=O)(=O)c3ccc(Cl)c(C(F)(F)F)c3)CC2)c1. The van der Waals surface area contributed by atoms with Crippen molar-refractivity contribution < 1.29 is 31.1 Å². The van der Waals surface area contributed by atoms with Gasteiger partial charge in [0.2, 0.25) is 10.0 Å². The van der Waals surface area contributed by atoms with Gasteiger partial charge in [-0.3, -0.25) is 4.79 Å². The number of ether oxygens (including phenoxy) is 1. The Bertz CT molecular complexity index is 1070. The van der Waals surface area contributed by atoms with Crippen LogP contribution >= 0.6 is 11.6 Å². The second-order valence-corrected chi connectivity index (χ2v) is 9.14. The van der Waals surface area contributed by atoms with Gasteiger partial charge in [-0.05, 0) is 43.3 Å². The lowest BCUT2D eigenvalue weighted by molar-refractivity contribution is -0.137. The highest BCUT2D eigenvalue weighted by Gasteiger charge is 2.36. The fraction of sp³-hybridized carbons (Fsp3) is 0.350. The van der Waals surface area contributed by atoms with Crippen LogP contribution in [0.3, 0.4) is 0 Å². The van der Waals surface area contributed by atoms with E-state index >= 15 is 0 Å². The number of carbonyl (C=O) groups excluding carboxylic acids is 1. The first-order valence-electron chi connectivity index (χ1n) is 9.43. The second kappa shape index (κ2) is 9.05. The van der Waals surface area contributed by atoms with E-state index in [4.69, 9.17) is 16.3 Å². The van der Waals surface area contributed by atoms with E-state index in [1.54, 1.807) is 24.3 Å². The van der Waals surface area contributed by atoms with Gasteiger partial charge in [-0.2, -0.15) is 17.5 Å². The largest absolute Gasteiger partial charge is 0.494 e. The molecule has 2 aromatic rings. The van der Waals surface area contributed by atoms with Crippen LogP contribution in [0.25, 0.3) is 0 Å². The zero-order valence-electron chi connectivity index (χ0n) is 16.5. The van der Waals surface area contributed by atoms with Gasteiger partial charge < -0.3 is 9.64 Å². The van der Waals surface area contributed by atoms with Crippen LogP contribution in [0.15, 0.2) is 47.4 Å². The summed E-state index contributed by atoms with van der Waals surface area (Å²) in [7, 11) is -4.17. The predicted octanol–water partition coefficient (Wildman–Crippen LogP) is 3.90. The van der Waals surface area contributed by atoms with Gasteiger partial charge in [0, 0.05) is 31.7 Å². The molecular formula is C20H20ClF3N2O4S. The molecule has 0 spiro atoms. The highest BCUT2D eigenvalue weighted by Crippen LogP contribution is 2.36. The third kappa shape index (κ3) is 5.13. The number of rotatable bonds is 5. The van der Waals surface area contributed by atoms with E-state index in [1.165, 1.54) is 4.90 Å². The van der Waals surface area contributed by atoms with Crippen LogP contribution in [0, 0.1) is 0 Å². The first-order chi connectivity index (χ1) is 14.5. The van der Waals surface area contributed by atoms with Crippen LogP contribution in [0.2, 0.25) is 5.02 Å². The van der Waals surface area contributed by atoms with E-state index in [1.807, 2.05) is 6.92 Å². The van der Waals surface area contributed by atoms with Gasteiger partial charge in [0.1, 0.15) is 5.75 Å². The van der Waals surface area contributed by atoms with Crippen molar-refractivity contribution in [3.63, 3.8) is 0 Å². The Hall–Kier alpha value is -2.30. The number of benzene rings is 2. The van der Waals surface area contributed by atoms with Gasteiger partial charge in [0.05, 0.1) is 22.1 Å². The molecule has 31 heavy (non-hydrogen) atoms. The van der Waals surface area contributed by atoms with E-state index < -0.39 is 31.7 Å². The van der Waals surface area contributed by atoms with Crippen molar-refractivity contribution >= 4 is 27.5 Å². The lowest BCUT2D eigenvalue weighted by Gasteiger charge is -2.34. The molecule has 11 heteroatoms. The number of hydrogen-bond donors (Lipinski definition) is 0. The summed E-state index contributed by atoms with van der Waals surface area (Å²) in [6, 6.07) is 9.17. The van der Waals surface area contributed by atoms with Gasteiger partial charge in [0.15, 0.2) is 0 Å². The van der Waals surface area contributed by atoms with E-state index in [9.17, 15) is 26.4 Å². The molecule has 0 aromatic heterocycles. The Morgan fingerprint density at radius 2 is 1.77 bits per heavy atom. The van der Waals surface area contributed by atoms with Crippen molar-refractivity contribution in [1.29, 1.82) is 0 Å². The van der Waals surface area contributed by atoms with E-state index in [-0.39, 0.29) is 32.1 Å². The maximum absolute atomic E-state index is 13.1. The fourth-order valence-electron chi connectivity index (χ4n) is 3.23. The van der Waals surface area contributed by atoms with Crippen molar-refractivity contribution in [3.8, 4) is 5.75 Å². The van der Waals surface area contributed by atoms with Crippen molar-refractivity contribution in [2.45, 2.75) is 18.0 Å². The lowest BCUT2D eigenvalue weighted by atomic mass is 10.1. The maximum Gasteiger partial charge on any atom is 0.417 e. The van der Waals surface area contributed by atoms with Gasteiger partial charge in [-0.15, -0.1) is 0 Å². The Labute approximate surface area is 183 Å². The minimum Gasteiger partial charge on any atom is -0.494 e. The Kier molecular flexibility index (Phi) is 6.82. The van der Waals surface area contributed by atoms with Gasteiger partial charge in [-0.1, -0.05) is 17.7 Å². The Morgan fingerprint density at radius 1 is 1.10 bits per heavy atom. The monoisotopic (exact) mass is 476 g/mol. The number of alkyl halides is 3. The third-order valence-electron chi connectivity index (χ3n) is 4.80. The summed E-state index contributed by atoms with van der Waals surface area (Å²) < 4.78 is 71.4. The summed E-state index contributed by atoms with van der Waals surface area (Å²) >= 11 is 5.58. The van der Waals surface area contributed by atoms with Crippen LogP contribution in [-0.2, 0) is 16.2 Å². The van der Waals surface area contributed by atoms with Gasteiger partial charge in [0.25, 0.3) is 5.91 Å². The average molecular weight is 477 g/mol. The number of piperazine rings is 1. The molecule has 1 heterocycles. The molecular weight excluding hydrogens is 457 g/mol. The predicted molar refractivity (Wildman–Crippen MR) is 109 cm³/mol. The number of hydrogen-bond acceptors (Lipinski definition) is 4. The first kappa shape index (κ1) is 23.4. The van der Waals surface area contributed by atoms with Crippen LogP contribution in [0.4, 0.5) is 13.2 Å². The molecule has 168 valence electrons. The molecule has 1 fully saturated rings. The van der Waals surface area contributed by atoms with Crippen LogP contribution in [0.1, 0.15) is 22.8 Å². The van der Waals surface area contributed by atoms with Gasteiger partial charge in [-0.25, -0.2) is 8.42 Å². The molecule has 1 aliphatic heterocycles. The normalized spacial score (nSPS) is 15.7. The summed E-state index contributed by atoms with van der Waals surface area (Å²) in [4.78, 5) is 13.7. The molecule has 0 N–H and O–H groups in total. The minimum absolute atomic E-state index is 0.0385. The van der Waals surface area contributed by atoms with Crippen LogP contribution < -0.4 is 4.74 Å². The molecule has 0 unspecified atom stereocenters. The van der Waals surface area contributed by atoms with E-state index in [0.29, 0.717) is 24.0 Å². The summed E-state index contributed by atoms with van der Waals surface area (Å²) in [5.74, 6) is 0.280. The van der Waals surface area contributed by atoms with Gasteiger partial charge >= 0.3 is 6.18 Å². The molecule has 0 bridgehead atoms. The average Bonchev–Trinajstić information content (AvgIpc) is 2.73. The topological polar surface area (TPSA) is 66.9 Å². The van der Waals surface area contributed by atoms with E-state index in [0.717, 1.165) is 16.4 Å². The standard InChI is InChI=1S/C20H20ClF3N2O4S/c1-2-30-15-5-3-4-14(12-15)19(27)25-8-10-26(11-9-25)31(28,29)16-6-7-18(21)17(13-16)20(22,23)24/h3-7,12-13H,2,8-11H2,1H3. The highest BCUT2D eigenvalue weighted by atomic mass is 35.5. The molecule has 1 saturated heterocycles. The molecule has 0 aliphatic carbocycles. The quantitative estimate of drug-likeness (QED) is 0.656. The number of nitrogens with zero attached hydrogens (tertiary/aromatic N) is 2. The lowest BCUT2D eigenvalue weighted by Crippen LogP contribution is -2.50. The fourth-order valence-corrected chi connectivity index (χ4v) is 4.90. The second-order valence-electron chi connectivity index (χ2n) is 6.80. The Morgan fingerprint density at radius 3 is 2.39 bits per heavy atom. The summed E-state index contributed by atoms with van der Waals surface area (Å²) in [6.45, 7) is 2.42. The molecule has 2 aromatic carbocycles. The molecule has 3 rings (SSSR count). The summed E-state index contributed by atoms with van der Waals surface area (Å²) in [6.07, 6.45) is -4.77. The molecule has 0 radical (unpaired) electrons. The third-order valence-corrected chi connectivity index (χ3v) is 7.02. The molecule has 0 atom stereocenters. The number of amides is 1. The highest BCUT2D eigenvalue weighted by molar-refractivity contribution is 7.89. The summed E-state index contributed by atoms with van der Waals surface area (Å²) in [5, 5.41) is -0.573. The minimum atomic E-state index is -4.77. The molecule has 1 aliphatic rings. The van der Waals surface area contributed by atoms with Crippen molar-refractivity contribution in [3.05, 3.63) is 58.6 Å². The number of halogens is 4. The van der Waals surface area contributed by atoms with E-state index in [2.05, 4.69) is 0 Å².